The van der Waals surface area contributed by atoms with Crippen molar-refractivity contribution in [1.29, 1.82) is 0 Å². The Balaban J connectivity index is 1.88. The van der Waals surface area contributed by atoms with Gasteiger partial charge in [-0.05, 0) is 60.7 Å². The fraction of sp³-hybridized carbons (Fsp3) is 0.348. The van der Waals surface area contributed by atoms with Crippen LogP contribution in [0.2, 0.25) is 0 Å². The molecule has 0 saturated carbocycles. The van der Waals surface area contributed by atoms with Crippen LogP contribution in [0.3, 0.4) is 0 Å². The summed E-state index contributed by atoms with van der Waals surface area (Å²) < 4.78 is 16.6. The highest BCUT2D eigenvalue weighted by molar-refractivity contribution is 5.97. The van der Waals surface area contributed by atoms with Gasteiger partial charge in [0, 0.05) is 5.39 Å². The number of methoxy groups -OCH3 is 2. The minimum atomic E-state index is -0.257. The molecule has 1 N–H and O–H groups in total. The first kappa shape index (κ1) is 19.8. The first-order valence-corrected chi connectivity index (χ1v) is 9.41. The summed E-state index contributed by atoms with van der Waals surface area (Å²) in [5, 5.41) is 3.87. The molecule has 1 amide bonds. The molecule has 0 bridgehead atoms. The predicted molar refractivity (Wildman–Crippen MR) is 110 cm³/mol. The van der Waals surface area contributed by atoms with Crippen LogP contribution in [0.25, 0.3) is 11.0 Å². The van der Waals surface area contributed by atoms with Gasteiger partial charge in [0.05, 0.1) is 20.3 Å². The molecule has 0 radical (unpaired) electrons. The SMILES string of the molecule is COc1cc(C)c([C@@H](C)NC(=O)c2cc3cccc(OC)c3o2)cc1C(C)C. The van der Waals surface area contributed by atoms with E-state index in [0.717, 1.165) is 27.8 Å². The number of amides is 1. The van der Waals surface area contributed by atoms with Gasteiger partial charge in [-0.1, -0.05) is 26.0 Å². The second-order valence-electron chi connectivity index (χ2n) is 7.29. The zero-order chi connectivity index (χ0) is 20.4. The van der Waals surface area contributed by atoms with Gasteiger partial charge in [-0.3, -0.25) is 4.79 Å². The van der Waals surface area contributed by atoms with Crippen LogP contribution in [0.4, 0.5) is 0 Å². The van der Waals surface area contributed by atoms with Gasteiger partial charge < -0.3 is 19.2 Å². The number of ether oxygens (including phenoxy) is 2. The molecule has 0 spiro atoms. The molecule has 0 aliphatic rings. The van der Waals surface area contributed by atoms with E-state index in [9.17, 15) is 4.79 Å². The van der Waals surface area contributed by atoms with Gasteiger partial charge in [-0.15, -0.1) is 0 Å². The van der Waals surface area contributed by atoms with Gasteiger partial charge in [-0.25, -0.2) is 0 Å². The Morgan fingerprint density at radius 3 is 2.36 bits per heavy atom. The van der Waals surface area contributed by atoms with Gasteiger partial charge in [0.2, 0.25) is 0 Å². The van der Waals surface area contributed by atoms with Crippen molar-refractivity contribution in [2.75, 3.05) is 14.2 Å². The lowest BCUT2D eigenvalue weighted by Crippen LogP contribution is -2.27. The van der Waals surface area contributed by atoms with E-state index in [4.69, 9.17) is 13.9 Å². The lowest BCUT2D eigenvalue weighted by atomic mass is 9.93. The van der Waals surface area contributed by atoms with Gasteiger partial charge in [0.1, 0.15) is 5.75 Å². The first-order chi connectivity index (χ1) is 13.3. The lowest BCUT2D eigenvalue weighted by molar-refractivity contribution is 0.0914. The van der Waals surface area contributed by atoms with Crippen LogP contribution in [-0.2, 0) is 0 Å². The monoisotopic (exact) mass is 381 g/mol. The first-order valence-electron chi connectivity index (χ1n) is 9.41. The van der Waals surface area contributed by atoms with E-state index in [1.807, 2.05) is 38.1 Å². The van der Waals surface area contributed by atoms with Crippen LogP contribution in [0.5, 0.6) is 11.5 Å². The normalized spacial score (nSPS) is 12.2. The van der Waals surface area contributed by atoms with Crippen LogP contribution in [0, 0.1) is 6.92 Å². The summed E-state index contributed by atoms with van der Waals surface area (Å²) in [4.78, 5) is 12.8. The Morgan fingerprint density at radius 2 is 1.71 bits per heavy atom. The average Bonchev–Trinajstić information content (AvgIpc) is 3.11. The molecule has 3 rings (SSSR count). The summed E-state index contributed by atoms with van der Waals surface area (Å²) >= 11 is 0. The summed E-state index contributed by atoms with van der Waals surface area (Å²) in [5.41, 5.74) is 3.83. The van der Waals surface area contributed by atoms with Gasteiger partial charge in [-0.2, -0.15) is 0 Å². The highest BCUT2D eigenvalue weighted by atomic mass is 16.5. The fourth-order valence-corrected chi connectivity index (χ4v) is 3.46. The minimum absolute atomic E-state index is 0.175. The third-order valence-corrected chi connectivity index (χ3v) is 5.01. The largest absolute Gasteiger partial charge is 0.496 e. The molecule has 1 aromatic heterocycles. The fourth-order valence-electron chi connectivity index (χ4n) is 3.46. The van der Waals surface area contributed by atoms with Crippen LogP contribution in [-0.4, -0.2) is 20.1 Å². The van der Waals surface area contributed by atoms with Gasteiger partial charge in [0.15, 0.2) is 17.1 Å². The highest BCUT2D eigenvalue weighted by Gasteiger charge is 2.20. The highest BCUT2D eigenvalue weighted by Crippen LogP contribution is 2.33. The average molecular weight is 381 g/mol. The number of fused-ring (bicyclic) bond motifs is 1. The Kier molecular flexibility index (Phi) is 5.63. The number of furan rings is 1. The van der Waals surface area contributed by atoms with E-state index in [1.165, 1.54) is 0 Å². The third-order valence-electron chi connectivity index (χ3n) is 5.01. The smallest absolute Gasteiger partial charge is 0.287 e. The summed E-state index contributed by atoms with van der Waals surface area (Å²) in [6, 6.07) is 11.3. The summed E-state index contributed by atoms with van der Waals surface area (Å²) in [5.74, 6) is 1.81. The maximum Gasteiger partial charge on any atom is 0.287 e. The molecule has 0 fully saturated rings. The molecule has 5 heteroatoms. The molecule has 0 aliphatic carbocycles. The van der Waals surface area contributed by atoms with Crippen molar-refractivity contribution in [3.8, 4) is 11.5 Å². The second-order valence-corrected chi connectivity index (χ2v) is 7.29. The van der Waals surface area contributed by atoms with Crippen molar-refractivity contribution in [1.82, 2.24) is 5.32 Å². The molecule has 5 nitrogen and oxygen atoms in total. The Morgan fingerprint density at radius 1 is 1.00 bits per heavy atom. The zero-order valence-electron chi connectivity index (χ0n) is 17.3. The van der Waals surface area contributed by atoms with Crippen molar-refractivity contribution in [2.45, 2.75) is 39.7 Å². The Labute approximate surface area is 165 Å². The van der Waals surface area contributed by atoms with E-state index in [0.29, 0.717) is 17.3 Å². The predicted octanol–water partition coefficient (Wildman–Crippen LogP) is 5.37. The second kappa shape index (κ2) is 7.97. The maximum absolute atomic E-state index is 12.8. The van der Waals surface area contributed by atoms with Crippen LogP contribution < -0.4 is 14.8 Å². The van der Waals surface area contributed by atoms with Crippen molar-refractivity contribution in [2.24, 2.45) is 0 Å². The number of benzene rings is 2. The van der Waals surface area contributed by atoms with Gasteiger partial charge >= 0.3 is 0 Å². The molecular formula is C23H27NO4. The summed E-state index contributed by atoms with van der Waals surface area (Å²) in [6.07, 6.45) is 0. The van der Waals surface area contributed by atoms with E-state index >= 15 is 0 Å². The number of rotatable bonds is 6. The minimum Gasteiger partial charge on any atom is -0.496 e. The van der Waals surface area contributed by atoms with Crippen molar-refractivity contribution >= 4 is 16.9 Å². The van der Waals surface area contributed by atoms with E-state index in [2.05, 4.69) is 25.2 Å². The molecule has 2 aromatic carbocycles. The quantitative estimate of drug-likeness (QED) is 0.623. The molecule has 3 aromatic rings. The van der Waals surface area contributed by atoms with Crippen molar-refractivity contribution in [3.05, 3.63) is 58.8 Å². The maximum atomic E-state index is 12.8. The summed E-state index contributed by atoms with van der Waals surface area (Å²) in [6.45, 7) is 8.25. The van der Waals surface area contributed by atoms with Crippen LogP contribution in [0.15, 0.2) is 40.8 Å². The number of para-hydroxylation sites is 1. The molecule has 148 valence electrons. The summed E-state index contributed by atoms with van der Waals surface area (Å²) in [7, 11) is 3.26. The molecule has 0 aliphatic heterocycles. The van der Waals surface area contributed by atoms with E-state index < -0.39 is 0 Å². The lowest BCUT2D eigenvalue weighted by Gasteiger charge is -2.20. The number of aryl methyl sites for hydroxylation is 1. The number of carbonyl (C=O) groups excluding carboxylic acids is 1. The standard InChI is InChI=1S/C23H27NO4/c1-13(2)17-12-18(14(3)10-20(17)27-6)15(4)24-23(25)21-11-16-8-7-9-19(26-5)22(16)28-21/h7-13,15H,1-6H3,(H,24,25)/t15-/m1/s1. The number of hydrogen-bond acceptors (Lipinski definition) is 4. The molecule has 1 atom stereocenters. The van der Waals surface area contributed by atoms with Crippen LogP contribution in [0.1, 0.15) is 60.0 Å². The van der Waals surface area contributed by atoms with E-state index in [-0.39, 0.29) is 17.7 Å². The number of carbonyl (C=O) groups is 1. The number of hydrogen-bond donors (Lipinski definition) is 1. The topological polar surface area (TPSA) is 60.7 Å². The number of nitrogens with one attached hydrogen (secondary N) is 1. The molecule has 1 heterocycles. The van der Waals surface area contributed by atoms with Crippen molar-refractivity contribution < 1.29 is 18.7 Å². The molecule has 0 saturated heterocycles. The van der Waals surface area contributed by atoms with E-state index in [1.54, 1.807) is 20.3 Å². The van der Waals surface area contributed by atoms with Crippen LogP contribution >= 0.6 is 0 Å². The third kappa shape index (κ3) is 3.70. The molecule has 28 heavy (non-hydrogen) atoms. The molecule has 0 unspecified atom stereocenters. The van der Waals surface area contributed by atoms with Gasteiger partial charge in [0.25, 0.3) is 5.91 Å². The zero-order valence-corrected chi connectivity index (χ0v) is 17.3. The molecular weight excluding hydrogens is 354 g/mol. The van der Waals surface area contributed by atoms with Crippen molar-refractivity contribution in [3.63, 3.8) is 0 Å². The Hall–Kier alpha value is -2.95. The Bertz CT molecular complexity index is 1000.